The van der Waals surface area contributed by atoms with E-state index in [2.05, 4.69) is 62.5 Å². The molecule has 4 nitrogen and oxygen atoms in total. The number of hydrogen-bond donors (Lipinski definition) is 2. The molecule has 2 N–H and O–H groups in total. The van der Waals surface area contributed by atoms with Gasteiger partial charge in [0.05, 0.1) is 5.69 Å². The van der Waals surface area contributed by atoms with E-state index >= 15 is 0 Å². The maximum atomic E-state index is 4.54. The smallest absolute Gasteiger partial charge is 0.229 e. The highest BCUT2D eigenvalue weighted by Gasteiger charge is 2.05. The summed E-state index contributed by atoms with van der Waals surface area (Å²) in [6.07, 6.45) is 3.61. The fourth-order valence-electron chi connectivity index (χ4n) is 2.15. The molecule has 0 saturated heterocycles. The summed E-state index contributed by atoms with van der Waals surface area (Å²) in [4.78, 5) is 8.99. The van der Waals surface area contributed by atoms with Gasteiger partial charge in [-0.1, -0.05) is 25.8 Å². The number of halogens is 1. The standard InChI is InChI=1S/C17H23BrN4/c1-4-5-6-9-19-16-11-13(3)20-17(22-16)21-15-8-7-12(2)10-14(15)18/h7-8,10-11H,4-6,9H2,1-3H3,(H2,19,20,21,22). The number of nitrogens with one attached hydrogen (secondary N) is 2. The minimum absolute atomic E-state index is 0.613. The fourth-order valence-corrected chi connectivity index (χ4v) is 2.74. The van der Waals surface area contributed by atoms with Gasteiger partial charge in [-0.05, 0) is 53.9 Å². The van der Waals surface area contributed by atoms with Crippen molar-refractivity contribution in [3.05, 3.63) is 40.0 Å². The minimum Gasteiger partial charge on any atom is -0.370 e. The monoisotopic (exact) mass is 362 g/mol. The molecule has 0 amide bonds. The Morgan fingerprint density at radius 3 is 2.64 bits per heavy atom. The summed E-state index contributed by atoms with van der Waals surface area (Å²) in [6, 6.07) is 8.13. The normalized spacial score (nSPS) is 10.5. The number of aromatic nitrogens is 2. The van der Waals surface area contributed by atoms with E-state index in [0.717, 1.165) is 34.6 Å². The third-order valence-electron chi connectivity index (χ3n) is 3.31. The molecule has 0 atom stereocenters. The van der Waals surface area contributed by atoms with Crippen molar-refractivity contribution < 1.29 is 0 Å². The van der Waals surface area contributed by atoms with Crippen LogP contribution < -0.4 is 10.6 Å². The Kier molecular flexibility index (Phi) is 6.19. The van der Waals surface area contributed by atoms with E-state index in [0.29, 0.717) is 5.95 Å². The van der Waals surface area contributed by atoms with Crippen LogP contribution in [0.15, 0.2) is 28.7 Å². The third kappa shape index (κ3) is 4.98. The molecule has 0 aliphatic rings. The van der Waals surface area contributed by atoms with Gasteiger partial charge >= 0.3 is 0 Å². The molecule has 2 aromatic rings. The molecule has 0 fully saturated rings. The van der Waals surface area contributed by atoms with E-state index in [9.17, 15) is 0 Å². The van der Waals surface area contributed by atoms with Gasteiger partial charge in [-0.2, -0.15) is 4.98 Å². The van der Waals surface area contributed by atoms with E-state index < -0.39 is 0 Å². The molecular weight excluding hydrogens is 340 g/mol. The molecule has 0 radical (unpaired) electrons. The zero-order chi connectivity index (χ0) is 15.9. The molecule has 0 spiro atoms. The Bertz CT molecular complexity index is 628. The van der Waals surface area contributed by atoms with Gasteiger partial charge in [-0.15, -0.1) is 0 Å². The Hall–Kier alpha value is -1.62. The molecule has 2 rings (SSSR count). The molecule has 1 aromatic carbocycles. The largest absolute Gasteiger partial charge is 0.370 e. The van der Waals surface area contributed by atoms with Crippen LogP contribution in [-0.4, -0.2) is 16.5 Å². The molecule has 1 heterocycles. The van der Waals surface area contributed by atoms with Gasteiger partial charge in [0.15, 0.2) is 0 Å². The molecule has 0 aliphatic heterocycles. The third-order valence-corrected chi connectivity index (χ3v) is 3.97. The van der Waals surface area contributed by atoms with Crippen molar-refractivity contribution in [3.63, 3.8) is 0 Å². The Balaban J connectivity index is 2.08. The topological polar surface area (TPSA) is 49.8 Å². The van der Waals surface area contributed by atoms with E-state index in [4.69, 9.17) is 0 Å². The highest BCUT2D eigenvalue weighted by molar-refractivity contribution is 9.10. The number of nitrogens with zero attached hydrogens (tertiary/aromatic N) is 2. The minimum atomic E-state index is 0.613. The summed E-state index contributed by atoms with van der Waals surface area (Å²) in [5.74, 6) is 1.48. The molecule has 0 saturated carbocycles. The highest BCUT2D eigenvalue weighted by Crippen LogP contribution is 2.26. The summed E-state index contributed by atoms with van der Waals surface area (Å²) >= 11 is 3.57. The van der Waals surface area contributed by atoms with Crippen LogP contribution in [0.3, 0.4) is 0 Å². The average Bonchev–Trinajstić information content (AvgIpc) is 2.46. The van der Waals surface area contributed by atoms with Gasteiger partial charge < -0.3 is 10.6 Å². The van der Waals surface area contributed by atoms with Crippen molar-refractivity contribution in [1.29, 1.82) is 0 Å². The van der Waals surface area contributed by atoms with Crippen molar-refractivity contribution in [2.75, 3.05) is 17.2 Å². The predicted octanol–water partition coefficient (Wildman–Crippen LogP) is 5.20. The van der Waals surface area contributed by atoms with Gasteiger partial charge in [0.2, 0.25) is 5.95 Å². The summed E-state index contributed by atoms with van der Waals surface area (Å²) in [7, 11) is 0. The number of unbranched alkanes of at least 4 members (excludes halogenated alkanes) is 2. The highest BCUT2D eigenvalue weighted by atomic mass is 79.9. The summed E-state index contributed by atoms with van der Waals surface area (Å²) in [5.41, 5.74) is 3.12. The van der Waals surface area contributed by atoms with Gasteiger partial charge in [0.25, 0.3) is 0 Å². The quantitative estimate of drug-likeness (QED) is 0.664. The van der Waals surface area contributed by atoms with Crippen molar-refractivity contribution >= 4 is 33.4 Å². The van der Waals surface area contributed by atoms with E-state index in [1.165, 1.54) is 18.4 Å². The van der Waals surface area contributed by atoms with Gasteiger partial charge in [-0.3, -0.25) is 0 Å². The average molecular weight is 363 g/mol. The van der Waals surface area contributed by atoms with Gasteiger partial charge in [0, 0.05) is 22.8 Å². The zero-order valence-electron chi connectivity index (χ0n) is 13.4. The molecule has 118 valence electrons. The molecular formula is C17H23BrN4. The lowest BCUT2D eigenvalue weighted by atomic mass is 10.2. The number of anilines is 3. The molecule has 5 heteroatoms. The number of hydrogen-bond acceptors (Lipinski definition) is 4. The van der Waals surface area contributed by atoms with E-state index in [-0.39, 0.29) is 0 Å². The molecule has 1 aromatic heterocycles. The summed E-state index contributed by atoms with van der Waals surface area (Å²) in [6.45, 7) is 7.19. The first-order valence-corrected chi connectivity index (χ1v) is 8.50. The van der Waals surface area contributed by atoms with E-state index in [1.807, 2.05) is 19.1 Å². The lowest BCUT2D eigenvalue weighted by molar-refractivity contribution is 0.742. The number of benzene rings is 1. The van der Waals surface area contributed by atoms with Crippen LogP contribution in [0.4, 0.5) is 17.5 Å². The van der Waals surface area contributed by atoms with Crippen molar-refractivity contribution in [1.82, 2.24) is 9.97 Å². The summed E-state index contributed by atoms with van der Waals surface area (Å²) < 4.78 is 1.01. The Morgan fingerprint density at radius 1 is 1.09 bits per heavy atom. The van der Waals surface area contributed by atoms with Crippen molar-refractivity contribution in [2.45, 2.75) is 40.0 Å². The number of aryl methyl sites for hydroxylation is 2. The van der Waals surface area contributed by atoms with Crippen LogP contribution in [0.2, 0.25) is 0 Å². The van der Waals surface area contributed by atoms with Gasteiger partial charge in [-0.25, -0.2) is 4.98 Å². The second kappa shape index (κ2) is 8.13. The lowest BCUT2D eigenvalue weighted by Gasteiger charge is -2.11. The molecule has 22 heavy (non-hydrogen) atoms. The Morgan fingerprint density at radius 2 is 1.91 bits per heavy atom. The SMILES string of the molecule is CCCCCNc1cc(C)nc(Nc2ccc(C)cc2Br)n1. The first-order chi connectivity index (χ1) is 10.6. The Labute approximate surface area is 140 Å². The van der Waals surface area contributed by atoms with Crippen molar-refractivity contribution in [2.24, 2.45) is 0 Å². The maximum absolute atomic E-state index is 4.54. The van der Waals surface area contributed by atoms with Gasteiger partial charge in [0.1, 0.15) is 5.82 Å². The lowest BCUT2D eigenvalue weighted by Crippen LogP contribution is -2.07. The first-order valence-electron chi connectivity index (χ1n) is 7.71. The summed E-state index contributed by atoms with van der Waals surface area (Å²) in [5, 5.41) is 6.64. The van der Waals surface area contributed by atoms with Crippen molar-refractivity contribution in [3.8, 4) is 0 Å². The van der Waals surface area contributed by atoms with E-state index in [1.54, 1.807) is 0 Å². The van der Waals surface area contributed by atoms with Crippen LogP contribution in [-0.2, 0) is 0 Å². The maximum Gasteiger partial charge on any atom is 0.229 e. The first kappa shape index (κ1) is 16.7. The second-order valence-corrected chi connectivity index (χ2v) is 6.31. The van der Waals surface area contributed by atoms with Crippen LogP contribution >= 0.6 is 15.9 Å². The van der Waals surface area contributed by atoms with Crippen LogP contribution in [0.25, 0.3) is 0 Å². The molecule has 0 unspecified atom stereocenters. The number of rotatable bonds is 7. The van der Waals surface area contributed by atoms with Crippen LogP contribution in [0, 0.1) is 13.8 Å². The second-order valence-electron chi connectivity index (χ2n) is 5.46. The molecule has 0 aliphatic carbocycles. The van der Waals surface area contributed by atoms with Crippen LogP contribution in [0.1, 0.15) is 37.4 Å². The predicted molar refractivity (Wildman–Crippen MR) is 96.9 cm³/mol. The molecule has 0 bridgehead atoms. The zero-order valence-corrected chi connectivity index (χ0v) is 15.0. The fraction of sp³-hybridized carbons (Fsp3) is 0.412. The van der Waals surface area contributed by atoms with Crippen LogP contribution in [0.5, 0.6) is 0 Å².